The number of hydrogen-bond acceptors (Lipinski definition) is 2. The zero-order valence-electron chi connectivity index (χ0n) is 15.1. The van der Waals surface area contributed by atoms with Gasteiger partial charge in [-0.3, -0.25) is 4.90 Å². The van der Waals surface area contributed by atoms with E-state index in [1.54, 1.807) is 0 Å². The predicted molar refractivity (Wildman–Crippen MR) is 94.0 cm³/mol. The molecule has 21 heavy (non-hydrogen) atoms. The van der Waals surface area contributed by atoms with Crippen LogP contribution in [0.4, 0.5) is 0 Å². The molecule has 2 nitrogen and oxygen atoms in total. The van der Waals surface area contributed by atoms with Gasteiger partial charge in [0.05, 0.1) is 6.04 Å². The van der Waals surface area contributed by atoms with Gasteiger partial charge in [0.1, 0.15) is 0 Å². The van der Waals surface area contributed by atoms with Crippen LogP contribution in [0.5, 0.6) is 0 Å². The Balaban J connectivity index is 3.27. The quantitative estimate of drug-likeness (QED) is 0.760. The van der Waals surface area contributed by atoms with Crippen molar-refractivity contribution in [1.82, 2.24) is 10.2 Å². The SMILES string of the molecule is CCNC(c1ccc(C)c(C)c1)C(C)(CC)N(CC)CC. The number of nitrogens with zero attached hydrogens (tertiary/aromatic N) is 1. The van der Waals surface area contributed by atoms with Gasteiger partial charge in [-0.1, -0.05) is 45.9 Å². The van der Waals surface area contributed by atoms with Crippen LogP contribution >= 0.6 is 0 Å². The summed E-state index contributed by atoms with van der Waals surface area (Å²) in [5.41, 5.74) is 4.31. The fraction of sp³-hybridized carbons (Fsp3) is 0.684. The number of rotatable bonds is 8. The van der Waals surface area contributed by atoms with Crippen LogP contribution in [-0.4, -0.2) is 30.1 Å². The minimum absolute atomic E-state index is 0.140. The lowest BCUT2D eigenvalue weighted by molar-refractivity contribution is 0.0704. The summed E-state index contributed by atoms with van der Waals surface area (Å²) in [6.45, 7) is 19.0. The van der Waals surface area contributed by atoms with E-state index in [1.165, 1.54) is 16.7 Å². The van der Waals surface area contributed by atoms with E-state index in [1.807, 2.05) is 0 Å². The first-order valence-corrected chi connectivity index (χ1v) is 8.50. The van der Waals surface area contributed by atoms with E-state index in [2.05, 4.69) is 76.9 Å². The first-order valence-electron chi connectivity index (χ1n) is 8.50. The Morgan fingerprint density at radius 1 is 1.05 bits per heavy atom. The molecule has 0 spiro atoms. The van der Waals surface area contributed by atoms with E-state index in [9.17, 15) is 0 Å². The van der Waals surface area contributed by atoms with Crippen molar-refractivity contribution in [3.8, 4) is 0 Å². The van der Waals surface area contributed by atoms with E-state index in [-0.39, 0.29) is 5.54 Å². The van der Waals surface area contributed by atoms with Crippen LogP contribution in [0.2, 0.25) is 0 Å². The van der Waals surface area contributed by atoms with Crippen molar-refractivity contribution in [3.05, 3.63) is 34.9 Å². The van der Waals surface area contributed by atoms with Crippen molar-refractivity contribution in [1.29, 1.82) is 0 Å². The summed E-state index contributed by atoms with van der Waals surface area (Å²) in [6.07, 6.45) is 1.14. The molecule has 2 atom stereocenters. The maximum atomic E-state index is 3.74. The van der Waals surface area contributed by atoms with E-state index >= 15 is 0 Å². The van der Waals surface area contributed by atoms with Gasteiger partial charge < -0.3 is 5.32 Å². The second-order valence-corrected chi connectivity index (χ2v) is 6.22. The van der Waals surface area contributed by atoms with Gasteiger partial charge in [-0.15, -0.1) is 0 Å². The largest absolute Gasteiger partial charge is 0.309 e. The van der Waals surface area contributed by atoms with Crippen molar-refractivity contribution < 1.29 is 0 Å². The van der Waals surface area contributed by atoms with Gasteiger partial charge >= 0.3 is 0 Å². The molecule has 0 bridgehead atoms. The van der Waals surface area contributed by atoms with Gasteiger partial charge in [0, 0.05) is 5.54 Å². The molecule has 0 heterocycles. The Morgan fingerprint density at radius 3 is 2.10 bits per heavy atom. The van der Waals surface area contributed by atoms with Gasteiger partial charge in [-0.25, -0.2) is 0 Å². The maximum Gasteiger partial charge on any atom is 0.0504 e. The summed E-state index contributed by atoms with van der Waals surface area (Å²) in [7, 11) is 0. The average molecular weight is 290 g/mol. The van der Waals surface area contributed by atoms with E-state index < -0.39 is 0 Å². The Kier molecular flexibility index (Phi) is 6.89. The number of nitrogens with one attached hydrogen (secondary N) is 1. The highest BCUT2D eigenvalue weighted by molar-refractivity contribution is 5.33. The minimum Gasteiger partial charge on any atom is -0.309 e. The molecule has 2 heteroatoms. The van der Waals surface area contributed by atoms with Crippen molar-refractivity contribution >= 4 is 0 Å². The van der Waals surface area contributed by atoms with Gasteiger partial charge in [0.2, 0.25) is 0 Å². The molecule has 120 valence electrons. The summed E-state index contributed by atoms with van der Waals surface area (Å²) in [4.78, 5) is 2.59. The molecule has 0 aliphatic heterocycles. The molecule has 1 N–H and O–H groups in total. The summed E-state index contributed by atoms with van der Waals surface area (Å²) < 4.78 is 0. The predicted octanol–water partition coefficient (Wildman–Crippen LogP) is 4.46. The average Bonchev–Trinajstić information content (AvgIpc) is 2.48. The van der Waals surface area contributed by atoms with Crippen molar-refractivity contribution in [2.75, 3.05) is 19.6 Å². The molecular formula is C19H34N2. The first-order chi connectivity index (χ1) is 9.94. The third-order valence-electron chi connectivity index (χ3n) is 5.10. The Morgan fingerprint density at radius 2 is 1.67 bits per heavy atom. The highest BCUT2D eigenvalue weighted by Crippen LogP contribution is 2.34. The summed E-state index contributed by atoms with van der Waals surface area (Å²) >= 11 is 0. The number of aryl methyl sites for hydroxylation is 2. The molecule has 0 aliphatic carbocycles. The first kappa shape index (κ1) is 18.2. The summed E-state index contributed by atoms with van der Waals surface area (Å²) in [6, 6.07) is 7.28. The lowest BCUT2D eigenvalue weighted by atomic mass is 9.82. The molecule has 0 aliphatic rings. The van der Waals surface area contributed by atoms with Crippen LogP contribution in [0.15, 0.2) is 18.2 Å². The van der Waals surface area contributed by atoms with Crippen LogP contribution < -0.4 is 5.32 Å². The van der Waals surface area contributed by atoms with Crippen molar-refractivity contribution in [3.63, 3.8) is 0 Å². The number of benzene rings is 1. The Bertz CT molecular complexity index is 437. The minimum atomic E-state index is 0.140. The second-order valence-electron chi connectivity index (χ2n) is 6.22. The normalized spacial score (nSPS) is 16.0. The lowest BCUT2D eigenvalue weighted by Gasteiger charge is -2.46. The van der Waals surface area contributed by atoms with Crippen LogP contribution in [0.3, 0.4) is 0 Å². The molecule has 0 saturated heterocycles. The smallest absolute Gasteiger partial charge is 0.0504 e. The van der Waals surface area contributed by atoms with Crippen molar-refractivity contribution in [2.45, 2.75) is 66.5 Å². The van der Waals surface area contributed by atoms with Crippen LogP contribution in [-0.2, 0) is 0 Å². The molecule has 0 saturated carbocycles. The molecule has 1 aromatic carbocycles. The highest BCUT2D eigenvalue weighted by atomic mass is 15.2. The molecule has 0 fully saturated rings. The molecule has 0 amide bonds. The molecule has 1 aromatic rings. The zero-order chi connectivity index (χ0) is 16.0. The second kappa shape index (κ2) is 7.95. The maximum absolute atomic E-state index is 3.74. The third kappa shape index (κ3) is 3.87. The van der Waals surface area contributed by atoms with Crippen molar-refractivity contribution in [2.24, 2.45) is 0 Å². The molecule has 0 radical (unpaired) electrons. The highest BCUT2D eigenvalue weighted by Gasteiger charge is 2.37. The number of hydrogen-bond donors (Lipinski definition) is 1. The van der Waals surface area contributed by atoms with Crippen LogP contribution in [0, 0.1) is 13.8 Å². The zero-order valence-corrected chi connectivity index (χ0v) is 15.1. The Hall–Kier alpha value is -0.860. The van der Waals surface area contributed by atoms with Gasteiger partial charge in [0.15, 0.2) is 0 Å². The fourth-order valence-electron chi connectivity index (χ4n) is 3.40. The molecule has 2 unspecified atom stereocenters. The lowest BCUT2D eigenvalue weighted by Crippen LogP contribution is -2.54. The van der Waals surface area contributed by atoms with E-state index in [0.29, 0.717) is 6.04 Å². The van der Waals surface area contributed by atoms with E-state index in [0.717, 1.165) is 26.1 Å². The van der Waals surface area contributed by atoms with E-state index in [4.69, 9.17) is 0 Å². The monoisotopic (exact) mass is 290 g/mol. The molecular weight excluding hydrogens is 256 g/mol. The summed E-state index contributed by atoms with van der Waals surface area (Å²) in [5.74, 6) is 0. The van der Waals surface area contributed by atoms with Gasteiger partial charge in [0.25, 0.3) is 0 Å². The summed E-state index contributed by atoms with van der Waals surface area (Å²) in [5, 5.41) is 3.74. The number of likely N-dealkylation sites (N-methyl/N-ethyl adjacent to an activating group) is 2. The fourth-order valence-corrected chi connectivity index (χ4v) is 3.40. The topological polar surface area (TPSA) is 15.3 Å². The van der Waals surface area contributed by atoms with Gasteiger partial charge in [-0.05, 0) is 63.5 Å². The Labute approximate surface area is 131 Å². The van der Waals surface area contributed by atoms with Crippen LogP contribution in [0.1, 0.15) is 63.8 Å². The van der Waals surface area contributed by atoms with Crippen LogP contribution in [0.25, 0.3) is 0 Å². The third-order valence-corrected chi connectivity index (χ3v) is 5.10. The van der Waals surface area contributed by atoms with Gasteiger partial charge in [-0.2, -0.15) is 0 Å². The molecule has 0 aromatic heterocycles. The standard InChI is InChI=1S/C19H34N2/c1-8-19(7,21(10-3)11-4)18(20-9-2)17-13-12-15(5)16(6)14-17/h12-14,18,20H,8-11H2,1-7H3. The molecule has 1 rings (SSSR count).